The van der Waals surface area contributed by atoms with E-state index >= 15 is 0 Å². The number of aromatic nitrogens is 2. The monoisotopic (exact) mass is 301 g/mol. The van der Waals surface area contributed by atoms with Crippen LogP contribution < -0.4 is 0 Å². The summed E-state index contributed by atoms with van der Waals surface area (Å²) in [6.45, 7) is 0.401. The minimum atomic E-state index is -3.01. The van der Waals surface area contributed by atoms with E-state index in [0.29, 0.717) is 19.4 Å². The molecule has 0 bridgehead atoms. The second-order valence-electron chi connectivity index (χ2n) is 5.19. The number of carbonyl (C=O) groups is 1. The van der Waals surface area contributed by atoms with E-state index in [-0.39, 0.29) is 24.1 Å². The molecule has 0 saturated carbocycles. The van der Waals surface area contributed by atoms with Crippen molar-refractivity contribution in [3.8, 4) is 0 Å². The van der Waals surface area contributed by atoms with Gasteiger partial charge >= 0.3 is 5.97 Å². The normalized spacial score (nSPS) is 21.4. The topological polar surface area (TPSA) is 92.5 Å². The lowest BCUT2D eigenvalue weighted by Gasteiger charge is -2.25. The Balaban J connectivity index is 1.98. The Labute approximate surface area is 118 Å². The van der Waals surface area contributed by atoms with Crippen LogP contribution in [0.25, 0.3) is 0 Å². The van der Waals surface area contributed by atoms with Crippen LogP contribution >= 0.6 is 0 Å². The van der Waals surface area contributed by atoms with Gasteiger partial charge in [-0.15, -0.1) is 0 Å². The summed E-state index contributed by atoms with van der Waals surface area (Å²) in [6.07, 6.45) is 4.80. The van der Waals surface area contributed by atoms with Gasteiger partial charge in [-0.2, -0.15) is 5.10 Å². The summed E-state index contributed by atoms with van der Waals surface area (Å²) in [5, 5.41) is 13.0. The predicted octanol–water partition coefficient (Wildman–Crippen LogP) is -0.464. The molecule has 1 aliphatic rings. The average Bonchev–Trinajstić information content (AvgIpc) is 2.90. The molecule has 0 spiro atoms. The van der Waals surface area contributed by atoms with Gasteiger partial charge in [0, 0.05) is 25.8 Å². The number of nitrogens with zero attached hydrogens (tertiary/aromatic N) is 3. The summed E-state index contributed by atoms with van der Waals surface area (Å²) in [5.74, 6) is -0.714. The lowest BCUT2D eigenvalue weighted by Crippen LogP contribution is -2.41. The first kappa shape index (κ1) is 15.0. The highest BCUT2D eigenvalue weighted by Gasteiger charge is 2.32. The summed E-state index contributed by atoms with van der Waals surface area (Å²) >= 11 is 0. The summed E-state index contributed by atoms with van der Waals surface area (Å²) in [6, 6.07) is -0.187. The van der Waals surface area contributed by atoms with Gasteiger partial charge in [0.15, 0.2) is 9.84 Å². The number of sulfone groups is 1. The molecule has 1 fully saturated rings. The van der Waals surface area contributed by atoms with Crippen molar-refractivity contribution in [1.82, 2.24) is 14.7 Å². The average molecular weight is 301 g/mol. The minimum Gasteiger partial charge on any atom is -0.480 e. The summed E-state index contributed by atoms with van der Waals surface area (Å²) < 4.78 is 24.7. The van der Waals surface area contributed by atoms with Crippen molar-refractivity contribution < 1.29 is 18.3 Å². The molecule has 1 saturated heterocycles. The van der Waals surface area contributed by atoms with E-state index in [1.807, 2.05) is 13.2 Å². The van der Waals surface area contributed by atoms with E-state index in [9.17, 15) is 13.2 Å². The highest BCUT2D eigenvalue weighted by molar-refractivity contribution is 7.91. The molecule has 1 unspecified atom stereocenters. The fraction of sp³-hybridized carbons (Fsp3) is 0.667. The standard InChI is InChI=1S/C12H19N3O4S/c1-14-7-10(6-13-14)2-4-15(8-12(16)17)11-3-5-20(18,19)9-11/h6-7,11H,2-5,8-9H2,1H3,(H,16,17). The Morgan fingerprint density at radius 3 is 2.85 bits per heavy atom. The number of aliphatic carboxylic acids is 1. The highest BCUT2D eigenvalue weighted by atomic mass is 32.2. The van der Waals surface area contributed by atoms with E-state index in [1.165, 1.54) is 0 Å². The smallest absolute Gasteiger partial charge is 0.317 e. The van der Waals surface area contributed by atoms with Gasteiger partial charge in [-0.05, 0) is 18.4 Å². The third-order valence-corrected chi connectivity index (χ3v) is 5.26. The number of carboxylic acid groups (broad SMARTS) is 1. The van der Waals surface area contributed by atoms with Gasteiger partial charge in [-0.1, -0.05) is 0 Å². The molecule has 8 heteroatoms. The van der Waals surface area contributed by atoms with Gasteiger partial charge in [0.25, 0.3) is 0 Å². The molecule has 2 rings (SSSR count). The molecule has 0 aliphatic carbocycles. The van der Waals surface area contributed by atoms with Gasteiger partial charge in [0.05, 0.1) is 24.2 Å². The highest BCUT2D eigenvalue weighted by Crippen LogP contribution is 2.18. The SMILES string of the molecule is Cn1cc(CCN(CC(=O)O)C2CCS(=O)(=O)C2)cn1. The van der Waals surface area contributed by atoms with Crippen LogP contribution in [-0.2, 0) is 28.1 Å². The maximum atomic E-state index is 11.5. The van der Waals surface area contributed by atoms with E-state index < -0.39 is 15.8 Å². The minimum absolute atomic E-state index is 0.0628. The van der Waals surface area contributed by atoms with Gasteiger partial charge < -0.3 is 5.11 Å². The molecule has 112 valence electrons. The van der Waals surface area contributed by atoms with Crippen molar-refractivity contribution >= 4 is 15.8 Å². The van der Waals surface area contributed by atoms with Gasteiger partial charge in [0.1, 0.15) is 0 Å². The summed E-state index contributed by atoms with van der Waals surface area (Å²) in [5.41, 5.74) is 1.02. The van der Waals surface area contributed by atoms with Gasteiger partial charge in [0.2, 0.25) is 0 Å². The third-order valence-electron chi connectivity index (χ3n) is 3.51. The van der Waals surface area contributed by atoms with Crippen molar-refractivity contribution in [2.24, 2.45) is 7.05 Å². The van der Waals surface area contributed by atoms with Crippen molar-refractivity contribution in [3.63, 3.8) is 0 Å². The number of hydrogen-bond donors (Lipinski definition) is 1. The molecule has 2 heterocycles. The van der Waals surface area contributed by atoms with Crippen molar-refractivity contribution in [2.45, 2.75) is 18.9 Å². The second-order valence-corrected chi connectivity index (χ2v) is 7.42. The Hall–Kier alpha value is -1.41. The van der Waals surface area contributed by atoms with Crippen LogP contribution in [0.1, 0.15) is 12.0 Å². The number of aryl methyl sites for hydroxylation is 1. The first-order chi connectivity index (χ1) is 9.35. The van der Waals surface area contributed by atoms with Crippen LogP contribution in [0, 0.1) is 0 Å². The van der Waals surface area contributed by atoms with Crippen LogP contribution in [0.3, 0.4) is 0 Å². The lowest BCUT2D eigenvalue weighted by atomic mass is 10.2. The molecule has 0 amide bonds. The molecular formula is C12H19N3O4S. The second kappa shape index (κ2) is 5.92. The molecule has 1 aliphatic heterocycles. The zero-order valence-corrected chi connectivity index (χ0v) is 12.2. The maximum Gasteiger partial charge on any atom is 0.317 e. The fourth-order valence-corrected chi connectivity index (χ4v) is 4.26. The first-order valence-corrected chi connectivity index (χ1v) is 8.32. The quantitative estimate of drug-likeness (QED) is 0.764. The van der Waals surface area contributed by atoms with Crippen LogP contribution in [-0.4, -0.2) is 64.8 Å². The van der Waals surface area contributed by atoms with Crippen LogP contribution in [0.15, 0.2) is 12.4 Å². The zero-order valence-electron chi connectivity index (χ0n) is 11.4. The third kappa shape index (κ3) is 4.04. The van der Waals surface area contributed by atoms with E-state index in [1.54, 1.807) is 15.8 Å². The Morgan fingerprint density at radius 1 is 1.60 bits per heavy atom. The first-order valence-electron chi connectivity index (χ1n) is 6.49. The van der Waals surface area contributed by atoms with Gasteiger partial charge in [-0.3, -0.25) is 14.4 Å². The fourth-order valence-electron chi connectivity index (χ4n) is 2.50. The summed E-state index contributed by atoms with van der Waals surface area (Å²) in [4.78, 5) is 12.7. The van der Waals surface area contributed by atoms with Crippen molar-refractivity contribution in [2.75, 3.05) is 24.6 Å². The van der Waals surface area contributed by atoms with E-state index in [2.05, 4.69) is 5.10 Å². The molecule has 1 aromatic heterocycles. The molecular weight excluding hydrogens is 282 g/mol. The van der Waals surface area contributed by atoms with Crippen LogP contribution in [0.2, 0.25) is 0 Å². The van der Waals surface area contributed by atoms with E-state index in [0.717, 1.165) is 5.56 Å². The van der Waals surface area contributed by atoms with Crippen molar-refractivity contribution in [3.05, 3.63) is 18.0 Å². The molecule has 0 radical (unpaired) electrons. The zero-order chi connectivity index (χ0) is 14.8. The van der Waals surface area contributed by atoms with Gasteiger partial charge in [-0.25, -0.2) is 8.42 Å². The molecule has 7 nitrogen and oxygen atoms in total. The number of hydrogen-bond acceptors (Lipinski definition) is 5. The molecule has 20 heavy (non-hydrogen) atoms. The Kier molecular flexibility index (Phi) is 4.44. The largest absolute Gasteiger partial charge is 0.480 e. The van der Waals surface area contributed by atoms with Crippen LogP contribution in [0.5, 0.6) is 0 Å². The Bertz CT molecular complexity index is 581. The number of rotatable bonds is 6. The van der Waals surface area contributed by atoms with E-state index in [4.69, 9.17) is 5.11 Å². The lowest BCUT2D eigenvalue weighted by molar-refractivity contribution is -0.138. The maximum absolute atomic E-state index is 11.5. The Morgan fingerprint density at radius 2 is 2.35 bits per heavy atom. The number of carboxylic acids is 1. The molecule has 0 aromatic carbocycles. The molecule has 1 N–H and O–H groups in total. The summed E-state index contributed by atoms with van der Waals surface area (Å²) in [7, 11) is -1.18. The molecule has 1 atom stereocenters. The predicted molar refractivity (Wildman–Crippen MR) is 73.2 cm³/mol. The van der Waals surface area contributed by atoms with Crippen LogP contribution in [0.4, 0.5) is 0 Å². The van der Waals surface area contributed by atoms with Crippen molar-refractivity contribution in [1.29, 1.82) is 0 Å². The molecule has 1 aromatic rings.